The Morgan fingerprint density at radius 3 is 2.73 bits per heavy atom. The molecular formula is C10H22N2O3. The predicted octanol–water partition coefficient (Wildman–Crippen LogP) is 0.459. The number of amides is 1. The Kier molecular flexibility index (Phi) is 9.46. The SMILES string of the molecule is CCCC(C)NC(=O)CNOCCOC. The molecule has 0 fully saturated rings. The third-order valence-electron chi connectivity index (χ3n) is 1.85. The van der Waals surface area contributed by atoms with Crippen molar-refractivity contribution in [2.75, 3.05) is 26.9 Å². The minimum absolute atomic E-state index is 0.0478. The molecule has 0 saturated carbocycles. The number of hydrogen-bond donors (Lipinski definition) is 2. The number of carbonyl (C=O) groups is 1. The van der Waals surface area contributed by atoms with Crippen molar-refractivity contribution in [3.8, 4) is 0 Å². The van der Waals surface area contributed by atoms with Crippen molar-refractivity contribution in [3.63, 3.8) is 0 Å². The highest BCUT2D eigenvalue weighted by Crippen LogP contribution is 1.93. The summed E-state index contributed by atoms with van der Waals surface area (Å²) < 4.78 is 4.78. The van der Waals surface area contributed by atoms with Gasteiger partial charge in [-0.05, 0) is 13.3 Å². The van der Waals surface area contributed by atoms with Gasteiger partial charge >= 0.3 is 0 Å². The summed E-state index contributed by atoms with van der Waals surface area (Å²) in [7, 11) is 1.60. The number of ether oxygens (including phenoxy) is 1. The van der Waals surface area contributed by atoms with Gasteiger partial charge in [0.25, 0.3) is 0 Å². The van der Waals surface area contributed by atoms with Crippen LogP contribution < -0.4 is 10.8 Å². The van der Waals surface area contributed by atoms with Crippen molar-refractivity contribution >= 4 is 5.91 Å². The summed E-state index contributed by atoms with van der Waals surface area (Å²) in [6.07, 6.45) is 2.06. The molecule has 0 aromatic carbocycles. The molecule has 1 atom stereocenters. The Balaban J connectivity index is 3.32. The molecule has 5 heteroatoms. The quantitative estimate of drug-likeness (QED) is 0.436. The smallest absolute Gasteiger partial charge is 0.236 e. The molecule has 0 bridgehead atoms. The van der Waals surface area contributed by atoms with Crippen molar-refractivity contribution in [1.82, 2.24) is 10.8 Å². The first-order valence-electron chi connectivity index (χ1n) is 5.33. The van der Waals surface area contributed by atoms with Crippen molar-refractivity contribution in [2.24, 2.45) is 0 Å². The van der Waals surface area contributed by atoms with Crippen LogP contribution in [-0.2, 0) is 14.4 Å². The lowest BCUT2D eigenvalue weighted by molar-refractivity contribution is -0.123. The van der Waals surface area contributed by atoms with Gasteiger partial charge in [0.15, 0.2) is 0 Å². The topological polar surface area (TPSA) is 59.6 Å². The number of carbonyl (C=O) groups excluding carboxylic acids is 1. The van der Waals surface area contributed by atoms with Crippen LogP contribution in [0.2, 0.25) is 0 Å². The molecule has 0 aliphatic rings. The van der Waals surface area contributed by atoms with Gasteiger partial charge in [-0.1, -0.05) is 13.3 Å². The minimum Gasteiger partial charge on any atom is -0.382 e. The van der Waals surface area contributed by atoms with Gasteiger partial charge in [0.2, 0.25) is 5.91 Å². The second kappa shape index (κ2) is 9.89. The molecule has 0 spiro atoms. The van der Waals surface area contributed by atoms with E-state index < -0.39 is 0 Å². The zero-order valence-electron chi connectivity index (χ0n) is 9.84. The molecule has 0 aliphatic carbocycles. The van der Waals surface area contributed by atoms with E-state index in [0.717, 1.165) is 12.8 Å². The highest BCUT2D eigenvalue weighted by Gasteiger charge is 2.05. The molecule has 90 valence electrons. The molecule has 0 radical (unpaired) electrons. The Bertz CT molecular complexity index is 165. The highest BCUT2D eigenvalue weighted by molar-refractivity contribution is 5.78. The van der Waals surface area contributed by atoms with Crippen LogP contribution in [0.3, 0.4) is 0 Å². The van der Waals surface area contributed by atoms with E-state index in [4.69, 9.17) is 9.57 Å². The van der Waals surface area contributed by atoms with Gasteiger partial charge in [-0.2, -0.15) is 5.48 Å². The van der Waals surface area contributed by atoms with E-state index >= 15 is 0 Å². The molecule has 0 aromatic heterocycles. The number of nitrogens with one attached hydrogen (secondary N) is 2. The number of methoxy groups -OCH3 is 1. The highest BCUT2D eigenvalue weighted by atomic mass is 16.7. The van der Waals surface area contributed by atoms with Gasteiger partial charge < -0.3 is 10.1 Å². The van der Waals surface area contributed by atoms with E-state index in [1.165, 1.54) is 0 Å². The minimum atomic E-state index is -0.0478. The van der Waals surface area contributed by atoms with Crippen LogP contribution in [0.25, 0.3) is 0 Å². The summed E-state index contributed by atoms with van der Waals surface area (Å²) in [6.45, 7) is 5.22. The molecule has 0 heterocycles. The monoisotopic (exact) mass is 218 g/mol. The lowest BCUT2D eigenvalue weighted by atomic mass is 10.2. The van der Waals surface area contributed by atoms with Crippen LogP contribution in [0, 0.1) is 0 Å². The maximum absolute atomic E-state index is 11.3. The van der Waals surface area contributed by atoms with Gasteiger partial charge in [0, 0.05) is 13.2 Å². The van der Waals surface area contributed by atoms with Crippen LogP contribution in [-0.4, -0.2) is 38.8 Å². The normalized spacial score (nSPS) is 12.5. The Morgan fingerprint density at radius 1 is 1.40 bits per heavy atom. The summed E-state index contributed by atoms with van der Waals surface area (Å²) in [5, 5.41) is 2.86. The molecule has 0 aromatic rings. The van der Waals surface area contributed by atoms with Crippen LogP contribution in [0.1, 0.15) is 26.7 Å². The molecule has 0 rings (SSSR count). The molecule has 1 unspecified atom stereocenters. The van der Waals surface area contributed by atoms with E-state index in [-0.39, 0.29) is 18.5 Å². The second-order valence-corrected chi connectivity index (χ2v) is 3.42. The summed E-state index contributed by atoms with van der Waals surface area (Å²) in [5.74, 6) is -0.0478. The van der Waals surface area contributed by atoms with Gasteiger partial charge in [-0.3, -0.25) is 9.63 Å². The summed E-state index contributed by atoms with van der Waals surface area (Å²) in [5.41, 5.74) is 2.58. The van der Waals surface area contributed by atoms with E-state index in [1.54, 1.807) is 7.11 Å². The first-order valence-corrected chi connectivity index (χ1v) is 5.33. The fourth-order valence-corrected chi connectivity index (χ4v) is 1.14. The molecule has 15 heavy (non-hydrogen) atoms. The predicted molar refractivity (Wildman–Crippen MR) is 58.3 cm³/mol. The maximum Gasteiger partial charge on any atom is 0.236 e. The molecule has 5 nitrogen and oxygen atoms in total. The lowest BCUT2D eigenvalue weighted by Crippen LogP contribution is -2.39. The average Bonchev–Trinajstić information content (AvgIpc) is 2.17. The zero-order valence-corrected chi connectivity index (χ0v) is 9.84. The Hall–Kier alpha value is -0.650. The molecule has 0 aliphatic heterocycles. The van der Waals surface area contributed by atoms with E-state index in [1.807, 2.05) is 6.92 Å². The van der Waals surface area contributed by atoms with Crippen LogP contribution >= 0.6 is 0 Å². The fraction of sp³-hybridized carbons (Fsp3) is 0.900. The lowest BCUT2D eigenvalue weighted by Gasteiger charge is -2.12. The average molecular weight is 218 g/mol. The first-order chi connectivity index (χ1) is 7.20. The largest absolute Gasteiger partial charge is 0.382 e. The maximum atomic E-state index is 11.3. The zero-order chi connectivity index (χ0) is 11.5. The van der Waals surface area contributed by atoms with Crippen molar-refractivity contribution < 1.29 is 14.4 Å². The van der Waals surface area contributed by atoms with E-state index in [0.29, 0.717) is 13.2 Å². The van der Waals surface area contributed by atoms with E-state index in [9.17, 15) is 4.79 Å². The molecule has 1 amide bonds. The Morgan fingerprint density at radius 2 is 2.13 bits per heavy atom. The molecule has 0 saturated heterocycles. The second-order valence-electron chi connectivity index (χ2n) is 3.42. The fourth-order valence-electron chi connectivity index (χ4n) is 1.14. The van der Waals surface area contributed by atoms with Gasteiger partial charge in [0.05, 0.1) is 19.8 Å². The number of hydrogen-bond acceptors (Lipinski definition) is 4. The van der Waals surface area contributed by atoms with Crippen LogP contribution in [0.15, 0.2) is 0 Å². The Labute approximate surface area is 91.5 Å². The van der Waals surface area contributed by atoms with Crippen LogP contribution in [0.5, 0.6) is 0 Å². The standard InChI is InChI=1S/C10H22N2O3/c1-4-5-9(2)12-10(13)8-11-15-7-6-14-3/h9,11H,4-8H2,1-3H3,(H,12,13). The summed E-state index contributed by atoms with van der Waals surface area (Å²) in [4.78, 5) is 16.2. The third-order valence-corrected chi connectivity index (χ3v) is 1.85. The van der Waals surface area contributed by atoms with Gasteiger partial charge in [0.1, 0.15) is 0 Å². The van der Waals surface area contributed by atoms with Gasteiger partial charge in [-0.15, -0.1) is 0 Å². The van der Waals surface area contributed by atoms with Gasteiger partial charge in [-0.25, -0.2) is 0 Å². The van der Waals surface area contributed by atoms with Crippen molar-refractivity contribution in [1.29, 1.82) is 0 Å². The summed E-state index contributed by atoms with van der Waals surface area (Å²) >= 11 is 0. The third kappa shape index (κ3) is 9.65. The number of hydroxylamine groups is 1. The van der Waals surface area contributed by atoms with Crippen molar-refractivity contribution in [2.45, 2.75) is 32.7 Å². The number of rotatable bonds is 9. The van der Waals surface area contributed by atoms with E-state index in [2.05, 4.69) is 17.7 Å². The van der Waals surface area contributed by atoms with Crippen molar-refractivity contribution in [3.05, 3.63) is 0 Å². The summed E-state index contributed by atoms with van der Waals surface area (Å²) in [6, 6.07) is 0.225. The van der Waals surface area contributed by atoms with Crippen LogP contribution in [0.4, 0.5) is 0 Å². The molecular weight excluding hydrogens is 196 g/mol. The molecule has 2 N–H and O–H groups in total. The first kappa shape index (κ1) is 14.3.